The van der Waals surface area contributed by atoms with Gasteiger partial charge in [0.1, 0.15) is 0 Å². The summed E-state index contributed by atoms with van der Waals surface area (Å²) in [5, 5.41) is 5.35. The largest absolute Gasteiger partial charge is 0.342 e. The number of piperidine rings is 1. The summed E-state index contributed by atoms with van der Waals surface area (Å²) < 4.78 is 2.17. The van der Waals surface area contributed by atoms with Crippen molar-refractivity contribution in [2.75, 3.05) is 13.1 Å². The van der Waals surface area contributed by atoms with Crippen LogP contribution in [0.5, 0.6) is 0 Å². The molecule has 1 fully saturated rings. The maximum Gasteiger partial charge on any atom is 0.210 e. The van der Waals surface area contributed by atoms with Gasteiger partial charge in [0.25, 0.3) is 0 Å². The average Bonchev–Trinajstić information content (AvgIpc) is 3.07. The molecule has 1 N–H and O–H groups in total. The van der Waals surface area contributed by atoms with Gasteiger partial charge in [-0.05, 0) is 56.4 Å². The third-order valence-corrected chi connectivity index (χ3v) is 4.66. The SMILES string of the molecule is Cc1sccc1C(=O)c1cccn1C1CCNCC1. The van der Waals surface area contributed by atoms with E-state index in [1.54, 1.807) is 11.3 Å². The van der Waals surface area contributed by atoms with Crippen molar-refractivity contribution >= 4 is 17.1 Å². The fourth-order valence-corrected chi connectivity index (χ4v) is 3.44. The molecule has 1 aliphatic heterocycles. The van der Waals surface area contributed by atoms with Gasteiger partial charge in [0, 0.05) is 22.7 Å². The van der Waals surface area contributed by atoms with Crippen LogP contribution in [-0.2, 0) is 0 Å². The highest BCUT2D eigenvalue weighted by Gasteiger charge is 2.21. The molecule has 2 aromatic rings. The highest BCUT2D eigenvalue weighted by atomic mass is 32.1. The Labute approximate surface area is 117 Å². The van der Waals surface area contributed by atoms with Crippen LogP contribution in [0.15, 0.2) is 29.8 Å². The molecule has 0 saturated carbocycles. The molecule has 3 heterocycles. The van der Waals surface area contributed by atoms with Crippen molar-refractivity contribution in [2.45, 2.75) is 25.8 Å². The predicted molar refractivity (Wildman–Crippen MR) is 78.1 cm³/mol. The molecule has 0 aromatic carbocycles. The molecule has 0 aliphatic carbocycles. The van der Waals surface area contributed by atoms with Gasteiger partial charge in [-0.1, -0.05) is 0 Å². The Morgan fingerprint density at radius 3 is 2.84 bits per heavy atom. The number of hydrogen-bond acceptors (Lipinski definition) is 3. The summed E-state index contributed by atoms with van der Waals surface area (Å²) in [6.07, 6.45) is 4.24. The van der Waals surface area contributed by atoms with Gasteiger partial charge < -0.3 is 9.88 Å². The van der Waals surface area contributed by atoms with Gasteiger partial charge in [0.05, 0.1) is 5.69 Å². The number of carbonyl (C=O) groups is 1. The van der Waals surface area contributed by atoms with E-state index in [4.69, 9.17) is 0 Å². The van der Waals surface area contributed by atoms with Crippen molar-refractivity contribution in [1.29, 1.82) is 0 Å². The number of nitrogens with zero attached hydrogens (tertiary/aromatic N) is 1. The third kappa shape index (κ3) is 2.38. The molecule has 1 aliphatic rings. The lowest BCUT2D eigenvalue weighted by atomic mass is 10.0. The molecule has 0 bridgehead atoms. The molecule has 2 aromatic heterocycles. The van der Waals surface area contributed by atoms with E-state index < -0.39 is 0 Å². The summed E-state index contributed by atoms with van der Waals surface area (Å²) in [4.78, 5) is 13.7. The Morgan fingerprint density at radius 2 is 2.16 bits per heavy atom. The molecule has 1 saturated heterocycles. The van der Waals surface area contributed by atoms with E-state index in [0.717, 1.165) is 42.1 Å². The number of rotatable bonds is 3. The molecule has 4 heteroatoms. The second-order valence-corrected chi connectivity index (χ2v) is 6.12. The standard InChI is InChI=1S/C15H18N2OS/c1-11-13(6-10-19-11)15(18)14-3-2-9-17(14)12-4-7-16-8-5-12/h2-3,6,9-10,12,16H,4-5,7-8H2,1H3. The molecule has 3 nitrogen and oxygen atoms in total. The highest BCUT2D eigenvalue weighted by molar-refractivity contribution is 7.10. The minimum Gasteiger partial charge on any atom is -0.342 e. The molecule has 19 heavy (non-hydrogen) atoms. The fraction of sp³-hybridized carbons (Fsp3) is 0.400. The summed E-state index contributed by atoms with van der Waals surface area (Å²) >= 11 is 1.63. The van der Waals surface area contributed by atoms with Crippen molar-refractivity contribution in [2.24, 2.45) is 0 Å². The molecule has 100 valence electrons. The van der Waals surface area contributed by atoms with E-state index in [0.29, 0.717) is 6.04 Å². The van der Waals surface area contributed by atoms with Crippen molar-refractivity contribution in [1.82, 2.24) is 9.88 Å². The summed E-state index contributed by atoms with van der Waals surface area (Å²) in [7, 11) is 0. The highest BCUT2D eigenvalue weighted by Crippen LogP contribution is 2.25. The lowest BCUT2D eigenvalue weighted by Gasteiger charge is -2.25. The summed E-state index contributed by atoms with van der Waals surface area (Å²) in [6, 6.07) is 6.31. The van der Waals surface area contributed by atoms with E-state index in [9.17, 15) is 4.79 Å². The zero-order valence-corrected chi connectivity index (χ0v) is 11.9. The number of thiophene rings is 1. The zero-order valence-electron chi connectivity index (χ0n) is 11.1. The minimum atomic E-state index is 0.155. The van der Waals surface area contributed by atoms with Crippen LogP contribution in [0.25, 0.3) is 0 Å². The van der Waals surface area contributed by atoms with Gasteiger partial charge in [-0.3, -0.25) is 4.79 Å². The van der Waals surface area contributed by atoms with Crippen molar-refractivity contribution in [3.8, 4) is 0 Å². The Bertz CT molecular complexity index is 578. The Morgan fingerprint density at radius 1 is 1.37 bits per heavy atom. The van der Waals surface area contributed by atoms with Gasteiger partial charge in [-0.25, -0.2) is 0 Å². The first-order valence-electron chi connectivity index (χ1n) is 6.73. The second-order valence-electron chi connectivity index (χ2n) is 5.00. The smallest absolute Gasteiger partial charge is 0.210 e. The van der Waals surface area contributed by atoms with Crippen molar-refractivity contribution in [3.63, 3.8) is 0 Å². The predicted octanol–water partition coefficient (Wildman–Crippen LogP) is 3.01. The summed E-state index contributed by atoms with van der Waals surface area (Å²) in [5.74, 6) is 0.155. The van der Waals surface area contributed by atoms with Crippen LogP contribution >= 0.6 is 11.3 Å². The molecular weight excluding hydrogens is 256 g/mol. The first-order chi connectivity index (χ1) is 9.27. The Balaban J connectivity index is 1.91. The van der Waals surface area contributed by atoms with Crippen molar-refractivity contribution in [3.05, 3.63) is 45.9 Å². The quantitative estimate of drug-likeness (QED) is 0.873. The number of carbonyl (C=O) groups excluding carboxylic acids is 1. The van der Waals surface area contributed by atoms with Gasteiger partial charge in [0.15, 0.2) is 0 Å². The molecule has 3 rings (SSSR count). The van der Waals surface area contributed by atoms with Gasteiger partial charge >= 0.3 is 0 Å². The molecule has 0 radical (unpaired) electrons. The third-order valence-electron chi connectivity index (χ3n) is 3.82. The topological polar surface area (TPSA) is 34.0 Å². The van der Waals surface area contributed by atoms with Crippen LogP contribution in [0.3, 0.4) is 0 Å². The molecule has 0 atom stereocenters. The maximum absolute atomic E-state index is 12.6. The number of hydrogen-bond donors (Lipinski definition) is 1. The van der Waals surface area contributed by atoms with Gasteiger partial charge in [0.2, 0.25) is 5.78 Å². The fourth-order valence-electron chi connectivity index (χ4n) is 2.75. The first kappa shape index (κ1) is 12.6. The maximum atomic E-state index is 12.6. The zero-order chi connectivity index (χ0) is 13.2. The van der Waals surface area contributed by atoms with E-state index in [1.807, 2.05) is 36.7 Å². The lowest BCUT2D eigenvalue weighted by molar-refractivity contribution is 0.102. The Hall–Kier alpha value is -1.39. The summed E-state index contributed by atoms with van der Waals surface area (Å²) in [5.41, 5.74) is 1.67. The monoisotopic (exact) mass is 274 g/mol. The number of aryl methyl sites for hydroxylation is 1. The summed E-state index contributed by atoms with van der Waals surface area (Å²) in [6.45, 7) is 4.08. The van der Waals surface area contributed by atoms with E-state index in [1.165, 1.54) is 0 Å². The van der Waals surface area contributed by atoms with E-state index in [2.05, 4.69) is 9.88 Å². The number of nitrogens with one attached hydrogen (secondary N) is 1. The minimum absolute atomic E-state index is 0.155. The molecular formula is C15H18N2OS. The van der Waals surface area contributed by atoms with Crippen LogP contribution in [0.2, 0.25) is 0 Å². The second kappa shape index (κ2) is 5.31. The molecule has 0 unspecified atom stereocenters. The molecule has 0 amide bonds. The normalized spacial score (nSPS) is 16.7. The van der Waals surface area contributed by atoms with Crippen molar-refractivity contribution < 1.29 is 4.79 Å². The van der Waals surface area contributed by atoms with Crippen LogP contribution in [0, 0.1) is 6.92 Å². The van der Waals surface area contributed by atoms with Gasteiger partial charge in [-0.15, -0.1) is 11.3 Å². The number of ketones is 1. The average molecular weight is 274 g/mol. The first-order valence-corrected chi connectivity index (χ1v) is 7.61. The van der Waals surface area contributed by atoms with Crippen LogP contribution in [-0.4, -0.2) is 23.4 Å². The Kier molecular flexibility index (Phi) is 3.53. The van der Waals surface area contributed by atoms with Crippen LogP contribution < -0.4 is 5.32 Å². The van der Waals surface area contributed by atoms with E-state index in [-0.39, 0.29) is 5.78 Å². The number of aromatic nitrogens is 1. The van der Waals surface area contributed by atoms with E-state index >= 15 is 0 Å². The lowest BCUT2D eigenvalue weighted by Crippen LogP contribution is -2.30. The van der Waals surface area contributed by atoms with Gasteiger partial charge in [-0.2, -0.15) is 0 Å². The van der Waals surface area contributed by atoms with Crippen LogP contribution in [0.4, 0.5) is 0 Å². The van der Waals surface area contributed by atoms with Crippen LogP contribution in [0.1, 0.15) is 39.8 Å². The molecule has 0 spiro atoms.